The maximum absolute atomic E-state index is 5.54. The van der Waals surface area contributed by atoms with Crippen molar-refractivity contribution in [1.29, 1.82) is 0 Å². The fraction of sp³-hybridized carbons (Fsp3) is 0.733. The monoisotopic (exact) mass is 278 g/mol. The SMILES string of the molecule is CCC1COCCN1c1ncc(CNC(C)C)c(C)n1. The Labute approximate surface area is 121 Å². The molecule has 2 heterocycles. The van der Waals surface area contributed by atoms with E-state index in [2.05, 4.69) is 42.9 Å². The summed E-state index contributed by atoms with van der Waals surface area (Å²) >= 11 is 0. The summed E-state index contributed by atoms with van der Waals surface area (Å²) in [6, 6.07) is 0.862. The van der Waals surface area contributed by atoms with Crippen LogP contribution in [-0.4, -0.2) is 41.8 Å². The van der Waals surface area contributed by atoms with E-state index in [9.17, 15) is 0 Å². The van der Waals surface area contributed by atoms with Crippen LogP contribution in [-0.2, 0) is 11.3 Å². The topological polar surface area (TPSA) is 50.3 Å². The van der Waals surface area contributed by atoms with Gasteiger partial charge in [-0.3, -0.25) is 0 Å². The number of hydrogen-bond donors (Lipinski definition) is 1. The predicted molar refractivity (Wildman–Crippen MR) is 81.0 cm³/mol. The second-order valence-corrected chi connectivity index (χ2v) is 5.65. The van der Waals surface area contributed by atoms with Gasteiger partial charge in [0.25, 0.3) is 0 Å². The molecule has 1 aromatic rings. The van der Waals surface area contributed by atoms with Crippen LogP contribution in [0.4, 0.5) is 5.95 Å². The predicted octanol–water partition coefficient (Wildman–Crippen LogP) is 1.90. The number of morpholine rings is 1. The molecule has 1 N–H and O–H groups in total. The van der Waals surface area contributed by atoms with Crippen LogP contribution in [0.5, 0.6) is 0 Å². The maximum Gasteiger partial charge on any atom is 0.225 e. The standard InChI is InChI=1S/C15H26N4O/c1-5-14-10-20-7-6-19(14)15-17-9-13(12(4)18-15)8-16-11(2)3/h9,11,14,16H,5-8,10H2,1-4H3. The van der Waals surface area contributed by atoms with Crippen molar-refractivity contribution in [3.8, 4) is 0 Å². The molecule has 0 aromatic carbocycles. The summed E-state index contributed by atoms with van der Waals surface area (Å²) in [7, 11) is 0. The minimum atomic E-state index is 0.391. The van der Waals surface area contributed by atoms with Crippen molar-refractivity contribution in [1.82, 2.24) is 15.3 Å². The lowest BCUT2D eigenvalue weighted by Gasteiger charge is -2.35. The molecule has 1 atom stereocenters. The maximum atomic E-state index is 5.54. The molecule has 0 amide bonds. The van der Waals surface area contributed by atoms with E-state index in [0.717, 1.165) is 44.4 Å². The molecular formula is C15H26N4O. The first-order valence-electron chi connectivity index (χ1n) is 7.52. The number of nitrogens with one attached hydrogen (secondary N) is 1. The summed E-state index contributed by atoms with van der Waals surface area (Å²) in [6.45, 7) is 11.8. The highest BCUT2D eigenvalue weighted by Crippen LogP contribution is 2.18. The number of anilines is 1. The molecule has 0 saturated carbocycles. The normalized spacial score (nSPS) is 19.6. The Morgan fingerprint density at radius 2 is 2.30 bits per heavy atom. The lowest BCUT2D eigenvalue weighted by molar-refractivity contribution is 0.0921. The lowest BCUT2D eigenvalue weighted by atomic mass is 10.2. The summed E-state index contributed by atoms with van der Waals surface area (Å²) in [6.07, 6.45) is 3.01. The number of hydrogen-bond acceptors (Lipinski definition) is 5. The van der Waals surface area contributed by atoms with Crippen molar-refractivity contribution in [3.63, 3.8) is 0 Å². The van der Waals surface area contributed by atoms with Crippen molar-refractivity contribution >= 4 is 5.95 Å². The van der Waals surface area contributed by atoms with E-state index in [0.29, 0.717) is 12.1 Å². The first-order chi connectivity index (χ1) is 9.61. The molecule has 112 valence electrons. The summed E-state index contributed by atoms with van der Waals surface area (Å²) in [4.78, 5) is 11.5. The highest BCUT2D eigenvalue weighted by molar-refractivity contribution is 5.35. The highest BCUT2D eigenvalue weighted by atomic mass is 16.5. The molecule has 5 nitrogen and oxygen atoms in total. The fourth-order valence-corrected chi connectivity index (χ4v) is 2.36. The largest absolute Gasteiger partial charge is 0.377 e. The second-order valence-electron chi connectivity index (χ2n) is 5.65. The van der Waals surface area contributed by atoms with Gasteiger partial charge in [0.1, 0.15) is 0 Å². The Kier molecular flexibility index (Phi) is 5.31. The van der Waals surface area contributed by atoms with E-state index >= 15 is 0 Å². The van der Waals surface area contributed by atoms with Gasteiger partial charge in [-0.25, -0.2) is 9.97 Å². The number of nitrogens with zero attached hydrogens (tertiary/aromatic N) is 3. The van der Waals surface area contributed by atoms with E-state index in [1.807, 2.05) is 6.20 Å². The summed E-state index contributed by atoms with van der Waals surface area (Å²) in [5, 5.41) is 3.41. The van der Waals surface area contributed by atoms with Crippen molar-refractivity contribution in [2.75, 3.05) is 24.7 Å². The van der Waals surface area contributed by atoms with Gasteiger partial charge >= 0.3 is 0 Å². The third-order valence-corrected chi connectivity index (χ3v) is 3.72. The Morgan fingerprint density at radius 1 is 1.50 bits per heavy atom. The summed E-state index contributed by atoms with van der Waals surface area (Å²) < 4.78 is 5.54. The Morgan fingerprint density at radius 3 is 2.95 bits per heavy atom. The number of ether oxygens (including phenoxy) is 1. The zero-order valence-electron chi connectivity index (χ0n) is 13.0. The van der Waals surface area contributed by atoms with E-state index in [-0.39, 0.29) is 0 Å². The van der Waals surface area contributed by atoms with Crippen LogP contribution < -0.4 is 10.2 Å². The van der Waals surface area contributed by atoms with Gasteiger partial charge in [-0.1, -0.05) is 20.8 Å². The Hall–Kier alpha value is -1.20. The molecule has 1 aliphatic heterocycles. The van der Waals surface area contributed by atoms with Gasteiger partial charge in [0.15, 0.2) is 0 Å². The highest BCUT2D eigenvalue weighted by Gasteiger charge is 2.23. The van der Waals surface area contributed by atoms with E-state index in [1.54, 1.807) is 0 Å². The molecule has 2 rings (SSSR count). The third-order valence-electron chi connectivity index (χ3n) is 3.72. The Balaban J connectivity index is 2.11. The van der Waals surface area contributed by atoms with Gasteiger partial charge in [0.05, 0.1) is 19.3 Å². The second kappa shape index (κ2) is 6.99. The van der Waals surface area contributed by atoms with E-state index in [4.69, 9.17) is 9.72 Å². The molecular weight excluding hydrogens is 252 g/mol. The van der Waals surface area contributed by atoms with Gasteiger partial charge in [0, 0.05) is 36.6 Å². The zero-order chi connectivity index (χ0) is 14.5. The molecule has 0 radical (unpaired) electrons. The van der Waals surface area contributed by atoms with Crippen LogP contribution in [0.15, 0.2) is 6.20 Å². The molecule has 5 heteroatoms. The van der Waals surface area contributed by atoms with E-state index < -0.39 is 0 Å². The van der Waals surface area contributed by atoms with Crippen LogP contribution in [0.1, 0.15) is 38.4 Å². The van der Waals surface area contributed by atoms with Gasteiger partial charge in [-0.2, -0.15) is 0 Å². The first-order valence-corrected chi connectivity index (χ1v) is 7.52. The quantitative estimate of drug-likeness (QED) is 0.891. The minimum Gasteiger partial charge on any atom is -0.377 e. The number of rotatable bonds is 5. The van der Waals surface area contributed by atoms with Crippen LogP contribution >= 0.6 is 0 Å². The molecule has 1 unspecified atom stereocenters. The molecule has 1 fully saturated rings. The molecule has 0 bridgehead atoms. The number of aromatic nitrogens is 2. The average molecular weight is 278 g/mol. The third kappa shape index (κ3) is 3.67. The van der Waals surface area contributed by atoms with Crippen LogP contribution in [0.3, 0.4) is 0 Å². The number of aryl methyl sites for hydroxylation is 1. The van der Waals surface area contributed by atoms with E-state index in [1.165, 1.54) is 5.56 Å². The Bertz CT molecular complexity index is 436. The van der Waals surface area contributed by atoms with Gasteiger partial charge in [-0.15, -0.1) is 0 Å². The lowest BCUT2D eigenvalue weighted by Crippen LogP contribution is -2.46. The molecule has 1 saturated heterocycles. The molecule has 0 aliphatic carbocycles. The van der Waals surface area contributed by atoms with Crippen molar-refractivity contribution in [2.24, 2.45) is 0 Å². The van der Waals surface area contributed by atoms with Crippen molar-refractivity contribution < 1.29 is 4.74 Å². The van der Waals surface area contributed by atoms with Crippen LogP contribution in [0, 0.1) is 6.92 Å². The van der Waals surface area contributed by atoms with Gasteiger partial charge in [-0.05, 0) is 13.3 Å². The van der Waals surface area contributed by atoms with Gasteiger partial charge < -0.3 is 15.0 Å². The van der Waals surface area contributed by atoms with Gasteiger partial charge in [0.2, 0.25) is 5.95 Å². The first kappa shape index (κ1) is 15.2. The smallest absolute Gasteiger partial charge is 0.225 e. The molecule has 1 aliphatic rings. The summed E-state index contributed by atoms with van der Waals surface area (Å²) in [5.41, 5.74) is 2.23. The zero-order valence-corrected chi connectivity index (χ0v) is 13.0. The average Bonchev–Trinajstić information content (AvgIpc) is 2.45. The van der Waals surface area contributed by atoms with Crippen molar-refractivity contribution in [2.45, 2.75) is 52.7 Å². The minimum absolute atomic E-state index is 0.391. The fourth-order valence-electron chi connectivity index (χ4n) is 2.36. The molecule has 20 heavy (non-hydrogen) atoms. The van der Waals surface area contributed by atoms with Crippen molar-refractivity contribution in [3.05, 3.63) is 17.5 Å². The summed E-state index contributed by atoms with van der Waals surface area (Å²) in [5.74, 6) is 0.839. The van der Waals surface area contributed by atoms with Crippen LogP contribution in [0.2, 0.25) is 0 Å². The van der Waals surface area contributed by atoms with Crippen LogP contribution in [0.25, 0.3) is 0 Å². The molecule has 1 aromatic heterocycles. The molecule has 0 spiro atoms.